The monoisotopic (exact) mass is 269 g/mol. The fourth-order valence-corrected chi connectivity index (χ4v) is 1.73. The molecule has 0 radical (unpaired) electrons. The van der Waals surface area contributed by atoms with Crippen LogP contribution in [0.25, 0.3) is 0 Å². The van der Waals surface area contributed by atoms with Gasteiger partial charge in [0.2, 0.25) is 5.88 Å². The maximum absolute atomic E-state index is 8.91. The second kappa shape index (κ2) is 5.93. The Balaban J connectivity index is 2.32. The number of nitrogens with zero attached hydrogens (tertiary/aromatic N) is 2. The molecule has 0 aliphatic heterocycles. The molecule has 1 aromatic heterocycles. The van der Waals surface area contributed by atoms with Gasteiger partial charge >= 0.3 is 0 Å². The zero-order valence-corrected chi connectivity index (χ0v) is 11.4. The van der Waals surface area contributed by atoms with E-state index in [9.17, 15) is 0 Å². The lowest BCUT2D eigenvalue weighted by molar-refractivity contribution is 0.373. The molecular formula is C15H15N3O2. The van der Waals surface area contributed by atoms with Gasteiger partial charge in [-0.1, -0.05) is 13.0 Å². The van der Waals surface area contributed by atoms with E-state index in [1.165, 1.54) is 0 Å². The molecule has 0 fully saturated rings. The number of hydrogen-bond donors (Lipinski definition) is 1. The van der Waals surface area contributed by atoms with Gasteiger partial charge in [0, 0.05) is 6.07 Å². The van der Waals surface area contributed by atoms with Crippen molar-refractivity contribution in [1.29, 1.82) is 5.26 Å². The molecule has 20 heavy (non-hydrogen) atoms. The fourth-order valence-electron chi connectivity index (χ4n) is 1.73. The van der Waals surface area contributed by atoms with Crippen LogP contribution in [0.15, 0.2) is 30.3 Å². The Labute approximate surface area is 117 Å². The van der Waals surface area contributed by atoms with Crippen molar-refractivity contribution in [1.82, 2.24) is 4.98 Å². The molecule has 1 heterocycles. The van der Waals surface area contributed by atoms with Crippen LogP contribution in [0.1, 0.15) is 18.2 Å². The molecule has 0 atom stereocenters. The SMILES string of the molecule is CCc1ccc(Oc2ccc(N)c(C#N)n2)c(OC)c1. The number of hydrogen-bond acceptors (Lipinski definition) is 5. The summed E-state index contributed by atoms with van der Waals surface area (Å²) in [6, 6.07) is 10.8. The summed E-state index contributed by atoms with van der Waals surface area (Å²) < 4.78 is 11.0. The minimum Gasteiger partial charge on any atom is -0.493 e. The molecule has 0 unspecified atom stereocenters. The lowest BCUT2D eigenvalue weighted by atomic mass is 10.1. The molecule has 0 aliphatic rings. The first-order valence-electron chi connectivity index (χ1n) is 6.19. The van der Waals surface area contributed by atoms with Gasteiger partial charge in [-0.3, -0.25) is 0 Å². The Morgan fingerprint density at radius 1 is 1.25 bits per heavy atom. The van der Waals surface area contributed by atoms with Gasteiger partial charge in [-0.05, 0) is 30.2 Å². The average molecular weight is 269 g/mol. The summed E-state index contributed by atoms with van der Waals surface area (Å²) in [5, 5.41) is 8.91. The van der Waals surface area contributed by atoms with E-state index < -0.39 is 0 Å². The minimum absolute atomic E-state index is 0.145. The van der Waals surface area contributed by atoms with E-state index in [4.69, 9.17) is 20.5 Å². The van der Waals surface area contributed by atoms with Gasteiger partial charge in [0.05, 0.1) is 12.8 Å². The number of anilines is 1. The molecule has 0 aliphatic carbocycles. The van der Waals surface area contributed by atoms with E-state index in [1.807, 2.05) is 24.3 Å². The van der Waals surface area contributed by atoms with Gasteiger partial charge in [-0.2, -0.15) is 5.26 Å². The maximum atomic E-state index is 8.91. The Bertz CT molecular complexity index is 663. The largest absolute Gasteiger partial charge is 0.493 e. The van der Waals surface area contributed by atoms with Gasteiger partial charge < -0.3 is 15.2 Å². The normalized spacial score (nSPS) is 9.85. The Hall–Kier alpha value is -2.74. The quantitative estimate of drug-likeness (QED) is 0.922. The van der Waals surface area contributed by atoms with Crippen LogP contribution in [0.2, 0.25) is 0 Å². The third kappa shape index (κ3) is 2.81. The van der Waals surface area contributed by atoms with Crippen molar-refractivity contribution in [2.24, 2.45) is 0 Å². The predicted molar refractivity (Wildman–Crippen MR) is 75.8 cm³/mol. The molecule has 102 valence electrons. The molecule has 2 aromatic rings. The molecule has 2 N–H and O–H groups in total. The van der Waals surface area contributed by atoms with E-state index in [-0.39, 0.29) is 5.69 Å². The topological polar surface area (TPSA) is 81.2 Å². The molecular weight excluding hydrogens is 254 g/mol. The standard InChI is InChI=1S/C15H15N3O2/c1-3-10-4-6-13(14(8-10)19-2)20-15-7-5-11(17)12(9-16)18-15/h4-8H,3,17H2,1-2H3. The summed E-state index contributed by atoms with van der Waals surface area (Å²) in [6.45, 7) is 2.07. The molecule has 2 rings (SSSR count). The summed E-state index contributed by atoms with van der Waals surface area (Å²) >= 11 is 0. The van der Waals surface area contributed by atoms with Crippen LogP contribution in [0.4, 0.5) is 5.69 Å². The Kier molecular flexibility index (Phi) is 4.06. The van der Waals surface area contributed by atoms with E-state index in [1.54, 1.807) is 19.2 Å². The van der Waals surface area contributed by atoms with Crippen molar-refractivity contribution in [2.75, 3.05) is 12.8 Å². The van der Waals surface area contributed by atoms with Crippen LogP contribution in [-0.2, 0) is 6.42 Å². The second-order valence-electron chi connectivity index (χ2n) is 4.14. The fraction of sp³-hybridized carbons (Fsp3) is 0.200. The molecule has 5 nitrogen and oxygen atoms in total. The smallest absolute Gasteiger partial charge is 0.220 e. The Morgan fingerprint density at radius 3 is 2.70 bits per heavy atom. The number of nitrogens with two attached hydrogens (primary N) is 1. The zero-order chi connectivity index (χ0) is 14.5. The Morgan fingerprint density at radius 2 is 2.05 bits per heavy atom. The van der Waals surface area contributed by atoms with Crippen LogP contribution in [0.5, 0.6) is 17.4 Å². The lowest BCUT2D eigenvalue weighted by Gasteiger charge is -2.11. The van der Waals surface area contributed by atoms with Crippen molar-refractivity contribution in [3.8, 4) is 23.4 Å². The first-order chi connectivity index (χ1) is 9.67. The van der Waals surface area contributed by atoms with E-state index >= 15 is 0 Å². The third-order valence-corrected chi connectivity index (χ3v) is 2.86. The van der Waals surface area contributed by atoms with Crippen LogP contribution in [-0.4, -0.2) is 12.1 Å². The van der Waals surface area contributed by atoms with Gasteiger partial charge in [0.1, 0.15) is 6.07 Å². The number of rotatable bonds is 4. The van der Waals surface area contributed by atoms with E-state index in [0.717, 1.165) is 12.0 Å². The summed E-state index contributed by atoms with van der Waals surface area (Å²) in [4.78, 5) is 4.04. The van der Waals surface area contributed by atoms with Crippen LogP contribution in [0, 0.1) is 11.3 Å². The van der Waals surface area contributed by atoms with Gasteiger partial charge in [-0.15, -0.1) is 0 Å². The highest BCUT2D eigenvalue weighted by Crippen LogP contribution is 2.32. The molecule has 1 aromatic carbocycles. The third-order valence-electron chi connectivity index (χ3n) is 2.86. The van der Waals surface area contributed by atoms with Crippen molar-refractivity contribution in [3.05, 3.63) is 41.6 Å². The number of aryl methyl sites for hydroxylation is 1. The second-order valence-corrected chi connectivity index (χ2v) is 4.14. The highest BCUT2D eigenvalue weighted by atomic mass is 16.5. The molecule has 0 saturated carbocycles. The highest BCUT2D eigenvalue weighted by molar-refractivity contribution is 5.52. The van der Waals surface area contributed by atoms with Crippen LogP contribution < -0.4 is 15.2 Å². The van der Waals surface area contributed by atoms with Crippen molar-refractivity contribution >= 4 is 5.69 Å². The number of benzene rings is 1. The maximum Gasteiger partial charge on any atom is 0.220 e. The first kappa shape index (κ1) is 13.7. The van der Waals surface area contributed by atoms with Crippen molar-refractivity contribution in [2.45, 2.75) is 13.3 Å². The van der Waals surface area contributed by atoms with Gasteiger partial charge in [0.15, 0.2) is 17.2 Å². The molecule has 0 bridgehead atoms. The summed E-state index contributed by atoms with van der Waals surface area (Å²) in [6.07, 6.45) is 0.912. The van der Waals surface area contributed by atoms with Gasteiger partial charge in [-0.25, -0.2) is 4.98 Å². The molecule has 0 spiro atoms. The number of nitrogen functional groups attached to an aromatic ring is 1. The summed E-state index contributed by atoms with van der Waals surface area (Å²) in [5.41, 5.74) is 7.24. The minimum atomic E-state index is 0.145. The van der Waals surface area contributed by atoms with E-state index in [2.05, 4.69) is 11.9 Å². The summed E-state index contributed by atoms with van der Waals surface area (Å²) in [5.74, 6) is 1.48. The lowest BCUT2D eigenvalue weighted by Crippen LogP contribution is -1.97. The van der Waals surface area contributed by atoms with Crippen molar-refractivity contribution < 1.29 is 9.47 Å². The number of aromatic nitrogens is 1. The van der Waals surface area contributed by atoms with Crippen LogP contribution in [0.3, 0.4) is 0 Å². The van der Waals surface area contributed by atoms with Crippen LogP contribution >= 0.6 is 0 Å². The number of pyridine rings is 1. The highest BCUT2D eigenvalue weighted by Gasteiger charge is 2.09. The zero-order valence-electron chi connectivity index (χ0n) is 11.4. The van der Waals surface area contributed by atoms with E-state index in [0.29, 0.717) is 23.1 Å². The molecule has 0 amide bonds. The average Bonchev–Trinajstić information content (AvgIpc) is 2.49. The number of methoxy groups -OCH3 is 1. The van der Waals surface area contributed by atoms with Gasteiger partial charge in [0.25, 0.3) is 0 Å². The summed E-state index contributed by atoms with van der Waals surface area (Å²) in [7, 11) is 1.58. The molecule has 5 heteroatoms. The van der Waals surface area contributed by atoms with Crippen molar-refractivity contribution in [3.63, 3.8) is 0 Å². The molecule has 0 saturated heterocycles. The number of nitriles is 1. The first-order valence-corrected chi connectivity index (χ1v) is 6.19. The number of ether oxygens (including phenoxy) is 2. The predicted octanol–water partition coefficient (Wildman–Crippen LogP) is 2.90.